The fourth-order valence-electron chi connectivity index (χ4n) is 0.288. The maximum absolute atomic E-state index is 10.1. The Bertz CT molecular complexity index is 238. The van der Waals surface area contributed by atoms with Crippen molar-refractivity contribution in [2.45, 2.75) is 0 Å². The zero-order valence-corrected chi connectivity index (χ0v) is 11.4. The van der Waals surface area contributed by atoms with Crippen molar-refractivity contribution in [2.24, 2.45) is 0 Å². The predicted octanol–water partition coefficient (Wildman–Crippen LogP) is -3.99. The third-order valence-corrected chi connectivity index (χ3v) is 3.91. The van der Waals surface area contributed by atoms with Crippen molar-refractivity contribution in [2.75, 3.05) is 17.3 Å². The van der Waals surface area contributed by atoms with Gasteiger partial charge in [-0.3, -0.25) is 4.55 Å². The SMILES string of the molecule is O=C([O-])CSSCCS(=O)(=O)O.[Na+]. The summed E-state index contributed by atoms with van der Waals surface area (Å²) in [5.41, 5.74) is 0. The molecule has 0 saturated heterocycles. The van der Waals surface area contributed by atoms with Crippen LogP contribution in [0.3, 0.4) is 0 Å². The molecule has 0 aromatic carbocycles. The van der Waals surface area contributed by atoms with Crippen LogP contribution in [-0.4, -0.2) is 36.2 Å². The zero-order valence-electron chi connectivity index (χ0n) is 6.93. The molecule has 72 valence electrons. The number of hydrogen-bond donors (Lipinski definition) is 1. The van der Waals surface area contributed by atoms with Crippen LogP contribution in [0.4, 0.5) is 0 Å². The van der Waals surface area contributed by atoms with Crippen molar-refractivity contribution in [1.29, 1.82) is 0 Å². The number of rotatable bonds is 6. The molecule has 1 N–H and O–H groups in total. The molecule has 0 heterocycles. The summed E-state index contributed by atoms with van der Waals surface area (Å²) in [4.78, 5) is 9.85. The van der Waals surface area contributed by atoms with Crippen molar-refractivity contribution >= 4 is 37.7 Å². The van der Waals surface area contributed by atoms with Crippen LogP contribution in [0.5, 0.6) is 0 Å². The third kappa shape index (κ3) is 15.8. The van der Waals surface area contributed by atoms with E-state index in [0.717, 1.165) is 21.6 Å². The summed E-state index contributed by atoms with van der Waals surface area (Å²) < 4.78 is 28.5. The maximum atomic E-state index is 10.1. The van der Waals surface area contributed by atoms with Gasteiger partial charge in [0.1, 0.15) is 0 Å². The normalized spacial score (nSPS) is 10.5. The van der Waals surface area contributed by atoms with Crippen LogP contribution in [0.2, 0.25) is 0 Å². The Labute approximate surface area is 106 Å². The molecule has 0 aliphatic heterocycles. The largest absolute Gasteiger partial charge is 1.00 e. The Balaban J connectivity index is 0. The van der Waals surface area contributed by atoms with E-state index in [1.807, 2.05) is 0 Å². The number of carboxylic acids is 1. The van der Waals surface area contributed by atoms with Gasteiger partial charge in [-0.2, -0.15) is 8.42 Å². The molecule has 0 spiro atoms. The number of carbonyl (C=O) groups excluding carboxylic acids is 1. The van der Waals surface area contributed by atoms with Crippen LogP contribution in [0.25, 0.3) is 0 Å². The van der Waals surface area contributed by atoms with Crippen molar-refractivity contribution < 1.29 is 52.4 Å². The van der Waals surface area contributed by atoms with E-state index >= 15 is 0 Å². The third-order valence-electron chi connectivity index (χ3n) is 0.685. The summed E-state index contributed by atoms with van der Waals surface area (Å²) in [6.07, 6.45) is 0. The van der Waals surface area contributed by atoms with E-state index < -0.39 is 16.1 Å². The Morgan fingerprint density at radius 1 is 1.38 bits per heavy atom. The second-order valence-electron chi connectivity index (χ2n) is 1.74. The van der Waals surface area contributed by atoms with E-state index in [-0.39, 0.29) is 46.8 Å². The van der Waals surface area contributed by atoms with Gasteiger partial charge in [-0.15, -0.1) is 0 Å². The van der Waals surface area contributed by atoms with E-state index in [0.29, 0.717) is 0 Å². The quantitative estimate of drug-likeness (QED) is 0.223. The Morgan fingerprint density at radius 3 is 2.31 bits per heavy atom. The van der Waals surface area contributed by atoms with Crippen LogP contribution in [0.1, 0.15) is 0 Å². The van der Waals surface area contributed by atoms with Gasteiger partial charge in [0.05, 0.1) is 11.7 Å². The monoisotopic (exact) mass is 254 g/mol. The van der Waals surface area contributed by atoms with E-state index in [2.05, 4.69) is 0 Å². The molecule has 0 rings (SSSR count). The van der Waals surface area contributed by atoms with Crippen LogP contribution in [0, 0.1) is 0 Å². The standard InChI is InChI=1S/C4H8O5S3.Na/c5-4(6)3-11-10-1-2-12(7,8)9;/h1-3H2,(H,5,6)(H,7,8,9);/q;+1/p-1. The summed E-state index contributed by atoms with van der Waals surface area (Å²) in [6, 6.07) is 0. The zero-order chi connectivity index (χ0) is 9.61. The molecule has 0 aliphatic carbocycles. The smallest absolute Gasteiger partial charge is 0.549 e. The van der Waals surface area contributed by atoms with Gasteiger partial charge in [0.25, 0.3) is 10.1 Å². The summed E-state index contributed by atoms with van der Waals surface area (Å²) in [6.45, 7) is 0. The van der Waals surface area contributed by atoms with Gasteiger partial charge in [0.15, 0.2) is 0 Å². The molecule has 0 bridgehead atoms. The molecule has 13 heavy (non-hydrogen) atoms. The number of aliphatic carboxylic acids is 1. The summed E-state index contributed by atoms with van der Waals surface area (Å²) in [5.74, 6) is -1.58. The Morgan fingerprint density at radius 2 is 1.92 bits per heavy atom. The summed E-state index contributed by atoms with van der Waals surface area (Å²) in [5, 5.41) is 9.85. The van der Waals surface area contributed by atoms with Crippen molar-refractivity contribution in [3.63, 3.8) is 0 Å². The van der Waals surface area contributed by atoms with E-state index in [4.69, 9.17) is 4.55 Å². The molecule has 5 nitrogen and oxygen atoms in total. The van der Waals surface area contributed by atoms with Gasteiger partial charge in [0, 0.05) is 11.5 Å². The fourth-order valence-corrected chi connectivity index (χ4v) is 3.20. The summed E-state index contributed by atoms with van der Waals surface area (Å²) in [7, 11) is -1.88. The summed E-state index contributed by atoms with van der Waals surface area (Å²) >= 11 is 0. The average Bonchev–Trinajstić information content (AvgIpc) is 1.83. The van der Waals surface area contributed by atoms with Crippen molar-refractivity contribution in [3.8, 4) is 0 Å². The van der Waals surface area contributed by atoms with Crippen LogP contribution >= 0.6 is 21.6 Å². The van der Waals surface area contributed by atoms with Gasteiger partial charge < -0.3 is 9.90 Å². The molecular weight excluding hydrogens is 247 g/mol. The molecule has 0 amide bonds. The van der Waals surface area contributed by atoms with Gasteiger partial charge in [-0.1, -0.05) is 21.6 Å². The topological polar surface area (TPSA) is 94.5 Å². The van der Waals surface area contributed by atoms with Crippen LogP contribution < -0.4 is 34.7 Å². The molecule has 0 radical (unpaired) electrons. The van der Waals surface area contributed by atoms with Crippen LogP contribution in [0.15, 0.2) is 0 Å². The van der Waals surface area contributed by atoms with Crippen molar-refractivity contribution in [1.82, 2.24) is 0 Å². The minimum atomic E-state index is -3.92. The van der Waals surface area contributed by atoms with E-state index in [9.17, 15) is 18.3 Å². The molecule has 0 unspecified atom stereocenters. The molecule has 9 heteroatoms. The average molecular weight is 254 g/mol. The predicted molar refractivity (Wildman–Crippen MR) is 46.3 cm³/mol. The van der Waals surface area contributed by atoms with Gasteiger partial charge in [0.2, 0.25) is 0 Å². The molecule has 0 aromatic heterocycles. The minimum Gasteiger partial charge on any atom is -0.549 e. The second-order valence-corrected chi connectivity index (χ2v) is 5.90. The molecule has 0 aliphatic rings. The van der Waals surface area contributed by atoms with Gasteiger partial charge in [-0.05, 0) is 0 Å². The fraction of sp³-hybridized carbons (Fsp3) is 0.750. The first kappa shape index (κ1) is 16.5. The molecule has 0 aromatic rings. The van der Waals surface area contributed by atoms with Crippen LogP contribution in [-0.2, 0) is 14.9 Å². The number of carbonyl (C=O) groups is 1. The Hall–Kier alpha value is 1.08. The maximum Gasteiger partial charge on any atom is 1.00 e. The Kier molecular flexibility index (Phi) is 10.7. The second kappa shape index (κ2) is 8.39. The van der Waals surface area contributed by atoms with E-state index in [1.165, 1.54) is 0 Å². The minimum absolute atomic E-state index is 0. The first-order valence-electron chi connectivity index (χ1n) is 2.81. The molecule has 0 atom stereocenters. The van der Waals surface area contributed by atoms with Crippen molar-refractivity contribution in [3.05, 3.63) is 0 Å². The molecule has 0 fully saturated rings. The first-order valence-corrected chi connectivity index (χ1v) is 6.91. The van der Waals surface area contributed by atoms with E-state index in [1.54, 1.807) is 0 Å². The first-order chi connectivity index (χ1) is 5.42. The number of carboxylic acid groups (broad SMARTS) is 1. The molecular formula is C4H7NaO5S3. The number of hydrogen-bond acceptors (Lipinski definition) is 6. The molecule has 0 saturated carbocycles. The van der Waals surface area contributed by atoms with Gasteiger partial charge >= 0.3 is 29.6 Å². The van der Waals surface area contributed by atoms with Gasteiger partial charge in [-0.25, -0.2) is 0 Å².